The molecule has 0 aliphatic heterocycles. The minimum atomic E-state index is -1.94. The molecule has 0 aliphatic rings. The van der Waals surface area contributed by atoms with Gasteiger partial charge in [0.25, 0.3) is 6.54 Å². The molecule has 0 atom stereocenters. The zero-order valence-corrected chi connectivity index (χ0v) is 22.4. The van der Waals surface area contributed by atoms with E-state index in [9.17, 15) is 10.1 Å². The number of nitrogens with zero attached hydrogens (tertiary/aromatic N) is 1. The van der Waals surface area contributed by atoms with Crippen LogP contribution in [0.3, 0.4) is 0 Å². The normalized spacial score (nSPS) is 11.8. The van der Waals surface area contributed by atoms with Gasteiger partial charge in [0, 0.05) is 4.92 Å². The van der Waals surface area contributed by atoms with Crippen molar-refractivity contribution in [2.45, 2.75) is 25.8 Å². The number of benzene rings is 6. The lowest BCUT2D eigenvalue weighted by Crippen LogP contribution is -2.45. The Morgan fingerprint density at radius 2 is 0.805 bits per heavy atom. The summed E-state index contributed by atoms with van der Waals surface area (Å²) in [6.45, 7) is -0.478. The van der Waals surface area contributed by atoms with Crippen LogP contribution in [0.15, 0.2) is 127 Å². The quantitative estimate of drug-likeness (QED) is 0.0940. The summed E-state index contributed by atoms with van der Waals surface area (Å²) < 4.78 is 18.9. The second-order valence-corrected chi connectivity index (χ2v) is 9.95. The molecule has 0 saturated carbocycles. The van der Waals surface area contributed by atoms with E-state index in [0.29, 0.717) is 0 Å². The molecule has 0 saturated heterocycles. The summed E-state index contributed by atoms with van der Waals surface area (Å²) in [7, 11) is 0. The van der Waals surface area contributed by atoms with E-state index in [2.05, 4.69) is 0 Å². The van der Waals surface area contributed by atoms with Crippen molar-refractivity contribution in [2.24, 2.45) is 0 Å². The van der Waals surface area contributed by atoms with Crippen LogP contribution in [0.5, 0.6) is 0 Å². The topological polar surface area (TPSA) is 70.8 Å². The third-order valence-electron chi connectivity index (χ3n) is 7.31. The zero-order chi connectivity index (χ0) is 28.1. The molecule has 6 heteroatoms. The van der Waals surface area contributed by atoms with Crippen LogP contribution in [-0.4, -0.2) is 17.4 Å². The molecule has 0 radical (unpaired) electrons. The Kier molecular flexibility index (Phi) is 7.69. The van der Waals surface area contributed by atoms with Crippen LogP contribution in [0.25, 0.3) is 32.3 Å². The molecular formula is C35H29NO5. The molecule has 0 spiro atoms. The van der Waals surface area contributed by atoms with Gasteiger partial charge in [-0.3, -0.25) is 10.1 Å². The molecule has 0 heterocycles. The second kappa shape index (κ2) is 11.9. The van der Waals surface area contributed by atoms with Gasteiger partial charge in [0.1, 0.15) is 0 Å². The fourth-order valence-corrected chi connectivity index (χ4v) is 5.24. The highest BCUT2D eigenvalue weighted by Gasteiger charge is 2.41. The lowest BCUT2D eigenvalue weighted by atomic mass is 10.1. The van der Waals surface area contributed by atoms with Gasteiger partial charge in [-0.05, 0) is 49.0 Å². The molecule has 204 valence electrons. The summed E-state index contributed by atoms with van der Waals surface area (Å²) in [4.78, 5) is 11.6. The van der Waals surface area contributed by atoms with Crippen molar-refractivity contribution >= 4 is 32.3 Å². The fraction of sp³-hybridized carbons (Fsp3) is 0.143. The van der Waals surface area contributed by atoms with Gasteiger partial charge in [-0.25, -0.2) is 0 Å². The Morgan fingerprint density at radius 1 is 0.488 bits per heavy atom. The third kappa shape index (κ3) is 5.95. The average molecular weight is 544 g/mol. The number of hydrogen-bond donors (Lipinski definition) is 0. The van der Waals surface area contributed by atoms with Crippen LogP contribution in [-0.2, 0) is 34.0 Å². The second-order valence-electron chi connectivity index (χ2n) is 9.95. The highest BCUT2D eigenvalue weighted by molar-refractivity contribution is 5.87. The Bertz CT molecular complexity index is 1620. The van der Waals surface area contributed by atoms with Gasteiger partial charge in [-0.2, -0.15) is 0 Å². The lowest BCUT2D eigenvalue weighted by Gasteiger charge is -2.30. The van der Waals surface area contributed by atoms with E-state index in [0.717, 1.165) is 49.0 Å². The maximum absolute atomic E-state index is 12.1. The molecule has 0 aliphatic carbocycles. The van der Waals surface area contributed by atoms with Crippen molar-refractivity contribution in [1.29, 1.82) is 0 Å². The average Bonchev–Trinajstić information content (AvgIpc) is 3.01. The molecule has 6 aromatic carbocycles. The lowest BCUT2D eigenvalue weighted by molar-refractivity contribution is -0.560. The SMILES string of the molecule is O=[N+]([O-])CC(OCc1cccc2ccccc12)(OCc1cccc2ccccc12)OCc1cccc2ccccc12. The molecule has 6 aromatic rings. The van der Waals surface area contributed by atoms with E-state index >= 15 is 0 Å². The van der Waals surface area contributed by atoms with Gasteiger partial charge in [-0.1, -0.05) is 127 Å². The summed E-state index contributed by atoms with van der Waals surface area (Å²) in [5, 5.41) is 18.2. The van der Waals surface area contributed by atoms with Crippen LogP contribution >= 0.6 is 0 Å². The summed E-state index contributed by atoms with van der Waals surface area (Å²) in [5.74, 6) is -1.94. The van der Waals surface area contributed by atoms with Gasteiger partial charge >= 0.3 is 5.97 Å². The van der Waals surface area contributed by atoms with Gasteiger partial charge in [0.15, 0.2) is 0 Å². The van der Waals surface area contributed by atoms with Gasteiger partial charge in [0.2, 0.25) is 0 Å². The number of hydrogen-bond acceptors (Lipinski definition) is 5. The van der Waals surface area contributed by atoms with Crippen LogP contribution in [0.1, 0.15) is 16.7 Å². The summed E-state index contributed by atoms with van der Waals surface area (Å²) in [6.07, 6.45) is 0. The first kappa shape index (κ1) is 26.6. The number of fused-ring (bicyclic) bond motifs is 3. The molecule has 41 heavy (non-hydrogen) atoms. The molecule has 0 amide bonds. The van der Waals surface area contributed by atoms with Crippen LogP contribution in [0.2, 0.25) is 0 Å². The maximum Gasteiger partial charge on any atom is 0.352 e. The van der Waals surface area contributed by atoms with E-state index in [-0.39, 0.29) is 19.8 Å². The van der Waals surface area contributed by atoms with E-state index < -0.39 is 17.4 Å². The Morgan fingerprint density at radius 3 is 1.15 bits per heavy atom. The molecule has 6 nitrogen and oxygen atoms in total. The van der Waals surface area contributed by atoms with E-state index in [1.54, 1.807) is 0 Å². The largest absolute Gasteiger partial charge is 0.352 e. The van der Waals surface area contributed by atoms with Crippen molar-refractivity contribution in [1.82, 2.24) is 0 Å². The highest BCUT2D eigenvalue weighted by atomic mass is 16.9. The van der Waals surface area contributed by atoms with Crippen LogP contribution < -0.4 is 0 Å². The predicted octanol–water partition coefficient (Wildman–Crippen LogP) is 8.03. The van der Waals surface area contributed by atoms with Crippen LogP contribution in [0.4, 0.5) is 0 Å². The fourth-order valence-electron chi connectivity index (χ4n) is 5.24. The van der Waals surface area contributed by atoms with Gasteiger partial charge < -0.3 is 14.2 Å². The standard InChI is InChI=1S/C35H29NO5/c37-36(38)25-35(39-22-29-16-7-13-26-10-1-4-19-32(26)29,40-23-30-17-8-14-27-11-2-5-20-33(27)30)41-24-31-18-9-15-28-12-3-6-21-34(28)31/h1-21H,22-25H2. The summed E-state index contributed by atoms with van der Waals surface area (Å²) in [5.41, 5.74) is 2.66. The predicted molar refractivity (Wildman–Crippen MR) is 161 cm³/mol. The Balaban J connectivity index is 1.35. The summed E-state index contributed by atoms with van der Waals surface area (Å²) >= 11 is 0. The highest BCUT2D eigenvalue weighted by Crippen LogP contribution is 2.29. The van der Waals surface area contributed by atoms with Crippen molar-refractivity contribution in [3.63, 3.8) is 0 Å². The molecule has 0 fully saturated rings. The molecule has 0 bridgehead atoms. The number of rotatable bonds is 11. The van der Waals surface area contributed by atoms with Crippen molar-refractivity contribution in [3.05, 3.63) is 154 Å². The van der Waals surface area contributed by atoms with Crippen molar-refractivity contribution < 1.29 is 19.1 Å². The molecule has 0 N–H and O–H groups in total. The van der Waals surface area contributed by atoms with E-state index in [4.69, 9.17) is 14.2 Å². The Hall–Kier alpha value is -4.62. The Labute approximate surface area is 237 Å². The van der Waals surface area contributed by atoms with Gasteiger partial charge in [0.05, 0.1) is 19.8 Å². The van der Waals surface area contributed by atoms with Crippen molar-refractivity contribution in [2.75, 3.05) is 6.54 Å². The first-order chi connectivity index (χ1) is 20.1. The zero-order valence-electron chi connectivity index (χ0n) is 22.4. The number of ether oxygens (including phenoxy) is 3. The molecule has 0 unspecified atom stereocenters. The molecular weight excluding hydrogens is 514 g/mol. The minimum absolute atomic E-state index is 0.0697. The number of nitro groups is 1. The summed E-state index contributed by atoms with van der Waals surface area (Å²) in [6, 6.07) is 41.7. The maximum atomic E-state index is 12.1. The van der Waals surface area contributed by atoms with E-state index in [1.165, 1.54) is 0 Å². The smallest absolute Gasteiger partial charge is 0.317 e. The van der Waals surface area contributed by atoms with E-state index in [1.807, 2.05) is 127 Å². The third-order valence-corrected chi connectivity index (χ3v) is 7.31. The minimum Gasteiger partial charge on any atom is -0.317 e. The van der Waals surface area contributed by atoms with Crippen molar-refractivity contribution in [3.8, 4) is 0 Å². The molecule has 6 rings (SSSR count). The van der Waals surface area contributed by atoms with Gasteiger partial charge in [-0.15, -0.1) is 0 Å². The first-order valence-electron chi connectivity index (χ1n) is 13.5. The monoisotopic (exact) mass is 543 g/mol. The molecule has 0 aromatic heterocycles. The first-order valence-corrected chi connectivity index (χ1v) is 13.5. The van der Waals surface area contributed by atoms with Crippen LogP contribution in [0, 0.1) is 10.1 Å².